The van der Waals surface area contributed by atoms with Gasteiger partial charge >= 0.3 is 11.9 Å². The first-order chi connectivity index (χ1) is 8.08. The summed E-state index contributed by atoms with van der Waals surface area (Å²) in [5.74, 6) is -0.960. The van der Waals surface area contributed by atoms with Crippen LogP contribution >= 0.6 is 0 Å². The maximum absolute atomic E-state index is 11.4. The lowest BCUT2D eigenvalue weighted by atomic mass is 10.3. The van der Waals surface area contributed by atoms with Crippen molar-refractivity contribution in [1.29, 1.82) is 0 Å². The van der Waals surface area contributed by atoms with E-state index >= 15 is 0 Å². The zero-order chi connectivity index (χ0) is 12.8. The van der Waals surface area contributed by atoms with Gasteiger partial charge in [0.1, 0.15) is 12.1 Å². The fourth-order valence-electron chi connectivity index (χ4n) is 1.22. The molecule has 0 aliphatic carbocycles. The first kappa shape index (κ1) is 13.0. The number of hydrogen-bond acceptors (Lipinski definition) is 6. The smallest absolute Gasteiger partial charge is 0.343 e. The normalized spacial score (nSPS) is 10.0. The number of ether oxygens (including phenoxy) is 2. The molecule has 0 spiro atoms. The third kappa shape index (κ3) is 3.47. The molecule has 7 nitrogen and oxygen atoms in total. The highest BCUT2D eigenvalue weighted by molar-refractivity contribution is 5.93. The van der Waals surface area contributed by atoms with E-state index in [9.17, 15) is 9.59 Å². The zero-order valence-electron chi connectivity index (χ0n) is 9.80. The lowest BCUT2D eigenvalue weighted by Crippen LogP contribution is -2.13. The number of nitrogens with two attached hydrogens (primary N) is 1. The number of carbonyl (C=O) groups excluding carboxylic acids is 2. The van der Waals surface area contributed by atoms with Crippen LogP contribution in [0.15, 0.2) is 6.20 Å². The summed E-state index contributed by atoms with van der Waals surface area (Å²) in [7, 11) is 0. The van der Waals surface area contributed by atoms with Gasteiger partial charge in [-0.1, -0.05) is 0 Å². The van der Waals surface area contributed by atoms with Gasteiger partial charge in [-0.2, -0.15) is 5.10 Å². The van der Waals surface area contributed by atoms with E-state index in [0.717, 1.165) is 0 Å². The summed E-state index contributed by atoms with van der Waals surface area (Å²) in [6.07, 6.45) is 1.37. The van der Waals surface area contributed by atoms with Crippen molar-refractivity contribution in [3.63, 3.8) is 0 Å². The molecule has 2 N–H and O–H groups in total. The van der Waals surface area contributed by atoms with Crippen LogP contribution in [-0.4, -0.2) is 34.9 Å². The van der Waals surface area contributed by atoms with E-state index in [2.05, 4.69) is 5.10 Å². The lowest BCUT2D eigenvalue weighted by Gasteiger charge is -2.00. The maximum Gasteiger partial charge on any atom is 0.343 e. The van der Waals surface area contributed by atoms with Crippen molar-refractivity contribution in [1.82, 2.24) is 9.78 Å². The monoisotopic (exact) mass is 241 g/mol. The summed E-state index contributed by atoms with van der Waals surface area (Å²) in [5, 5.41) is 3.83. The van der Waals surface area contributed by atoms with Crippen LogP contribution < -0.4 is 5.73 Å². The molecule has 1 aromatic rings. The summed E-state index contributed by atoms with van der Waals surface area (Å²) < 4.78 is 10.8. The minimum absolute atomic E-state index is 0.0350. The largest absolute Gasteiger partial charge is 0.465 e. The van der Waals surface area contributed by atoms with Gasteiger partial charge < -0.3 is 15.2 Å². The van der Waals surface area contributed by atoms with Crippen molar-refractivity contribution < 1.29 is 19.1 Å². The standard InChI is InChI=1S/C10H15N3O4/c1-3-16-8(14)6-13-5-7(9(11)12-13)10(15)17-4-2/h5H,3-4,6H2,1-2H3,(H2,11,12). The summed E-state index contributed by atoms with van der Waals surface area (Å²) in [6, 6.07) is 0. The molecule has 0 saturated heterocycles. The van der Waals surface area contributed by atoms with Crippen molar-refractivity contribution in [3.8, 4) is 0 Å². The maximum atomic E-state index is 11.4. The van der Waals surface area contributed by atoms with E-state index in [1.165, 1.54) is 10.9 Å². The average Bonchev–Trinajstić information content (AvgIpc) is 2.60. The van der Waals surface area contributed by atoms with Crippen LogP contribution in [0.1, 0.15) is 24.2 Å². The van der Waals surface area contributed by atoms with Crippen LogP contribution in [0, 0.1) is 0 Å². The molecule has 0 fully saturated rings. The van der Waals surface area contributed by atoms with E-state index in [1.807, 2.05) is 0 Å². The topological polar surface area (TPSA) is 96.4 Å². The summed E-state index contributed by atoms with van der Waals surface area (Å²) >= 11 is 0. The second kappa shape index (κ2) is 5.88. The molecule has 0 radical (unpaired) electrons. The van der Waals surface area contributed by atoms with E-state index < -0.39 is 11.9 Å². The number of rotatable bonds is 5. The van der Waals surface area contributed by atoms with E-state index in [1.54, 1.807) is 13.8 Å². The van der Waals surface area contributed by atoms with Crippen LogP contribution in [0.25, 0.3) is 0 Å². The van der Waals surface area contributed by atoms with Gasteiger partial charge in [0.2, 0.25) is 0 Å². The Morgan fingerprint density at radius 3 is 2.59 bits per heavy atom. The molecule has 0 aliphatic heterocycles. The number of nitrogens with zero attached hydrogens (tertiary/aromatic N) is 2. The van der Waals surface area contributed by atoms with Crippen molar-refractivity contribution in [3.05, 3.63) is 11.8 Å². The molecule has 94 valence electrons. The van der Waals surface area contributed by atoms with E-state index in [4.69, 9.17) is 15.2 Å². The Labute approximate surface area is 98.5 Å². The predicted octanol–water partition coefficient (Wildman–Crippen LogP) is 0.205. The van der Waals surface area contributed by atoms with Crippen LogP contribution in [0.3, 0.4) is 0 Å². The van der Waals surface area contributed by atoms with Gasteiger partial charge in [0.25, 0.3) is 0 Å². The fourth-order valence-corrected chi connectivity index (χ4v) is 1.22. The molecule has 7 heteroatoms. The summed E-state index contributed by atoms with van der Waals surface area (Å²) in [4.78, 5) is 22.6. The van der Waals surface area contributed by atoms with Crippen LogP contribution in [0.2, 0.25) is 0 Å². The Hall–Kier alpha value is -2.05. The Morgan fingerprint density at radius 2 is 2.00 bits per heavy atom. The number of hydrogen-bond donors (Lipinski definition) is 1. The predicted molar refractivity (Wildman–Crippen MR) is 59.2 cm³/mol. The third-order valence-electron chi connectivity index (χ3n) is 1.88. The molecule has 0 bridgehead atoms. The second-order valence-corrected chi connectivity index (χ2v) is 3.15. The van der Waals surface area contributed by atoms with Crippen molar-refractivity contribution in [2.45, 2.75) is 20.4 Å². The average molecular weight is 241 g/mol. The Balaban J connectivity index is 2.74. The minimum Gasteiger partial charge on any atom is -0.465 e. The number of esters is 2. The number of nitrogen functional groups attached to an aromatic ring is 1. The Bertz CT molecular complexity index is 414. The highest BCUT2D eigenvalue weighted by Crippen LogP contribution is 2.10. The van der Waals surface area contributed by atoms with Crippen molar-refractivity contribution >= 4 is 17.8 Å². The molecule has 0 unspecified atom stereocenters. The molecule has 1 aromatic heterocycles. The first-order valence-electron chi connectivity index (χ1n) is 5.24. The van der Waals surface area contributed by atoms with Gasteiger partial charge in [0, 0.05) is 6.20 Å². The van der Waals surface area contributed by atoms with Crippen molar-refractivity contribution in [2.24, 2.45) is 0 Å². The summed E-state index contributed by atoms with van der Waals surface area (Å²) in [5.41, 5.74) is 5.69. The minimum atomic E-state index is -0.555. The van der Waals surface area contributed by atoms with Gasteiger partial charge in [-0.15, -0.1) is 0 Å². The van der Waals surface area contributed by atoms with Gasteiger partial charge in [0.15, 0.2) is 5.82 Å². The van der Waals surface area contributed by atoms with Crippen molar-refractivity contribution in [2.75, 3.05) is 18.9 Å². The van der Waals surface area contributed by atoms with E-state index in [0.29, 0.717) is 6.61 Å². The van der Waals surface area contributed by atoms with E-state index in [-0.39, 0.29) is 24.5 Å². The van der Waals surface area contributed by atoms with Gasteiger partial charge in [0.05, 0.1) is 13.2 Å². The van der Waals surface area contributed by atoms with Gasteiger partial charge in [-0.25, -0.2) is 4.79 Å². The molecular formula is C10H15N3O4. The molecule has 1 heterocycles. The quantitative estimate of drug-likeness (QED) is 0.740. The Morgan fingerprint density at radius 1 is 1.35 bits per heavy atom. The molecule has 1 rings (SSSR count). The number of aromatic nitrogens is 2. The second-order valence-electron chi connectivity index (χ2n) is 3.15. The molecular weight excluding hydrogens is 226 g/mol. The number of carbonyl (C=O) groups is 2. The molecule has 17 heavy (non-hydrogen) atoms. The summed E-state index contributed by atoms with van der Waals surface area (Å²) in [6.45, 7) is 3.86. The molecule has 0 aromatic carbocycles. The zero-order valence-corrected chi connectivity index (χ0v) is 9.80. The molecule has 0 aliphatic rings. The molecule has 0 atom stereocenters. The highest BCUT2D eigenvalue weighted by atomic mass is 16.5. The SMILES string of the molecule is CCOC(=O)Cn1cc(C(=O)OCC)c(N)n1. The van der Waals surface area contributed by atoms with Gasteiger partial charge in [-0.05, 0) is 13.8 Å². The van der Waals surface area contributed by atoms with Gasteiger partial charge in [-0.3, -0.25) is 9.48 Å². The van der Waals surface area contributed by atoms with Crippen LogP contribution in [-0.2, 0) is 20.8 Å². The van der Waals surface area contributed by atoms with Crippen LogP contribution in [0.4, 0.5) is 5.82 Å². The Kier molecular flexibility index (Phi) is 4.50. The third-order valence-corrected chi connectivity index (χ3v) is 1.88. The molecule has 0 saturated carbocycles. The highest BCUT2D eigenvalue weighted by Gasteiger charge is 2.16. The lowest BCUT2D eigenvalue weighted by molar-refractivity contribution is -0.144. The number of anilines is 1. The first-order valence-corrected chi connectivity index (χ1v) is 5.24. The molecule has 0 amide bonds. The fraction of sp³-hybridized carbons (Fsp3) is 0.500. The van der Waals surface area contributed by atoms with Crippen LogP contribution in [0.5, 0.6) is 0 Å².